The number of hydrogen-bond acceptors (Lipinski definition) is 6. The quantitative estimate of drug-likeness (QED) is 0.554. The minimum atomic E-state index is -1.34. The molecule has 0 aliphatic carbocycles. The van der Waals surface area contributed by atoms with Crippen molar-refractivity contribution in [1.29, 1.82) is 0 Å². The maximum Gasteiger partial charge on any atom is 0.332 e. The Bertz CT molecular complexity index is 254. The van der Waals surface area contributed by atoms with E-state index < -0.39 is 21.4 Å². The molecule has 0 radical (unpaired) electrons. The zero-order chi connectivity index (χ0) is 11.8. The second-order valence-electron chi connectivity index (χ2n) is 2.38. The van der Waals surface area contributed by atoms with E-state index in [1.165, 1.54) is 6.26 Å². The summed E-state index contributed by atoms with van der Waals surface area (Å²) < 4.78 is 20.5. The van der Waals surface area contributed by atoms with Gasteiger partial charge < -0.3 is 9.47 Å². The Morgan fingerprint density at radius 1 is 1.40 bits per heavy atom. The highest BCUT2D eigenvalue weighted by Crippen LogP contribution is 2.18. The Labute approximate surface area is 102 Å². The van der Waals surface area contributed by atoms with Crippen LogP contribution in [0.5, 0.6) is 0 Å². The summed E-state index contributed by atoms with van der Waals surface area (Å²) in [6, 6.07) is 0. The first kappa shape index (κ1) is 14.9. The zero-order valence-electron chi connectivity index (χ0n) is 8.85. The Morgan fingerprint density at radius 2 is 1.93 bits per heavy atom. The van der Waals surface area contributed by atoms with Crippen LogP contribution in [0.15, 0.2) is 0 Å². The predicted octanol–water partition coefficient (Wildman–Crippen LogP) is 1.31. The van der Waals surface area contributed by atoms with Crippen LogP contribution in [0.2, 0.25) is 0 Å². The molecule has 0 rings (SSSR count). The van der Waals surface area contributed by atoms with Gasteiger partial charge in [-0.3, -0.25) is 4.21 Å². The number of esters is 1. The number of carbonyl (C=O) groups excluding carboxylic acids is 1. The van der Waals surface area contributed by atoms with Gasteiger partial charge in [-0.05, 0) is 37.8 Å². The number of thiocarbonyl (C=S) groups is 1. The summed E-state index contributed by atoms with van der Waals surface area (Å²) in [6.45, 7) is 4.17. The van der Waals surface area contributed by atoms with E-state index in [-0.39, 0.29) is 11.0 Å². The fourth-order valence-corrected chi connectivity index (χ4v) is 2.96. The first-order valence-corrected chi connectivity index (χ1v) is 7.26. The van der Waals surface area contributed by atoms with Crippen molar-refractivity contribution >= 4 is 45.1 Å². The van der Waals surface area contributed by atoms with Crippen LogP contribution in [0, 0.1) is 0 Å². The van der Waals surface area contributed by atoms with Crippen molar-refractivity contribution in [3.63, 3.8) is 0 Å². The van der Waals surface area contributed by atoms with Gasteiger partial charge in [-0.1, -0.05) is 0 Å². The van der Waals surface area contributed by atoms with Gasteiger partial charge in [0, 0.05) is 17.1 Å². The van der Waals surface area contributed by atoms with Gasteiger partial charge in [0.2, 0.25) is 4.38 Å². The van der Waals surface area contributed by atoms with Crippen LogP contribution in [0.4, 0.5) is 0 Å². The Kier molecular flexibility index (Phi) is 7.99. The summed E-state index contributed by atoms with van der Waals surface area (Å²) in [4.78, 5) is 11.4. The van der Waals surface area contributed by atoms with E-state index >= 15 is 0 Å². The first-order chi connectivity index (χ1) is 7.02. The smallest absolute Gasteiger partial charge is 0.332 e. The fourth-order valence-electron chi connectivity index (χ4n) is 0.701. The third-order valence-corrected chi connectivity index (χ3v) is 4.27. The zero-order valence-corrected chi connectivity index (χ0v) is 11.3. The largest absolute Gasteiger partial charge is 0.479 e. The molecular weight excluding hydrogens is 256 g/mol. The van der Waals surface area contributed by atoms with Crippen molar-refractivity contribution in [3.8, 4) is 0 Å². The molecule has 88 valence electrons. The Hall–Kier alpha value is -0.140. The molecule has 0 heterocycles. The van der Waals surface area contributed by atoms with Gasteiger partial charge >= 0.3 is 5.97 Å². The van der Waals surface area contributed by atoms with Gasteiger partial charge in [0.25, 0.3) is 0 Å². The molecule has 0 spiro atoms. The lowest BCUT2D eigenvalue weighted by atomic mass is 10.7. The molecule has 0 aliphatic rings. The van der Waals surface area contributed by atoms with E-state index in [2.05, 4.69) is 0 Å². The average Bonchev–Trinajstić information content (AvgIpc) is 2.14. The van der Waals surface area contributed by atoms with Gasteiger partial charge in [-0.15, -0.1) is 0 Å². The van der Waals surface area contributed by atoms with E-state index in [1.807, 2.05) is 0 Å². The number of carbonyl (C=O) groups is 1. The molecule has 15 heavy (non-hydrogen) atoms. The molecule has 2 atom stereocenters. The lowest BCUT2D eigenvalue weighted by Gasteiger charge is -2.12. The van der Waals surface area contributed by atoms with E-state index in [0.717, 1.165) is 11.8 Å². The van der Waals surface area contributed by atoms with Crippen LogP contribution < -0.4 is 0 Å². The molecule has 0 bridgehead atoms. The molecule has 0 N–H and O–H groups in total. The molecule has 0 aromatic rings. The van der Waals surface area contributed by atoms with Crippen molar-refractivity contribution in [2.24, 2.45) is 0 Å². The van der Waals surface area contributed by atoms with Crippen molar-refractivity contribution in [3.05, 3.63) is 0 Å². The monoisotopic (exact) mass is 270 g/mol. The minimum Gasteiger partial charge on any atom is -0.479 e. The third-order valence-electron chi connectivity index (χ3n) is 1.25. The van der Waals surface area contributed by atoms with E-state index in [4.69, 9.17) is 21.7 Å². The molecular formula is C8H14O4S3. The van der Waals surface area contributed by atoms with Crippen molar-refractivity contribution in [1.82, 2.24) is 0 Å². The summed E-state index contributed by atoms with van der Waals surface area (Å²) in [5.41, 5.74) is 0. The highest BCUT2D eigenvalue weighted by Gasteiger charge is 2.26. The van der Waals surface area contributed by atoms with E-state index in [9.17, 15) is 9.00 Å². The standard InChI is InChI=1S/C8H14O4S3/c1-4-11-6(9)7(15(3)10)14-8(13)12-5-2/h7H,4-5H2,1-3H3. The third kappa shape index (κ3) is 6.11. The fraction of sp³-hybridized carbons (Fsp3) is 0.750. The van der Waals surface area contributed by atoms with Crippen molar-refractivity contribution < 1.29 is 18.5 Å². The second kappa shape index (κ2) is 8.06. The van der Waals surface area contributed by atoms with Crippen LogP contribution in [0.25, 0.3) is 0 Å². The lowest BCUT2D eigenvalue weighted by molar-refractivity contribution is -0.140. The molecule has 7 heteroatoms. The Morgan fingerprint density at radius 3 is 2.33 bits per heavy atom. The summed E-state index contributed by atoms with van der Waals surface area (Å²) in [7, 11) is -1.34. The summed E-state index contributed by atoms with van der Waals surface area (Å²) >= 11 is 5.81. The Balaban J connectivity index is 4.34. The number of ether oxygens (including phenoxy) is 2. The van der Waals surface area contributed by atoms with Gasteiger partial charge in [0.1, 0.15) is 0 Å². The molecule has 0 amide bonds. The molecule has 0 saturated heterocycles. The van der Waals surface area contributed by atoms with Gasteiger partial charge in [0.05, 0.1) is 13.2 Å². The lowest BCUT2D eigenvalue weighted by Crippen LogP contribution is -2.26. The van der Waals surface area contributed by atoms with Crippen LogP contribution in [0.1, 0.15) is 13.8 Å². The van der Waals surface area contributed by atoms with E-state index in [0.29, 0.717) is 6.61 Å². The van der Waals surface area contributed by atoms with Crippen LogP contribution in [-0.4, -0.2) is 38.6 Å². The summed E-state index contributed by atoms with van der Waals surface area (Å²) in [5, 5.41) is 0. The summed E-state index contributed by atoms with van der Waals surface area (Å²) in [5.74, 6) is -0.523. The molecule has 0 aliphatic heterocycles. The van der Waals surface area contributed by atoms with Crippen molar-refractivity contribution in [2.75, 3.05) is 19.5 Å². The number of thioether (sulfide) groups is 1. The first-order valence-electron chi connectivity index (χ1n) is 4.35. The molecule has 0 saturated carbocycles. The number of hydrogen-bond donors (Lipinski definition) is 0. The molecule has 0 aromatic carbocycles. The van der Waals surface area contributed by atoms with Gasteiger partial charge in [0.15, 0.2) is 4.58 Å². The van der Waals surface area contributed by atoms with Crippen LogP contribution >= 0.6 is 24.0 Å². The summed E-state index contributed by atoms with van der Waals surface area (Å²) in [6.07, 6.45) is 1.43. The van der Waals surface area contributed by atoms with Gasteiger partial charge in [-0.25, -0.2) is 4.79 Å². The second-order valence-corrected chi connectivity index (χ2v) is 5.86. The highest BCUT2D eigenvalue weighted by molar-refractivity contribution is 8.28. The predicted molar refractivity (Wildman–Crippen MR) is 66.3 cm³/mol. The van der Waals surface area contributed by atoms with Crippen molar-refractivity contribution in [2.45, 2.75) is 18.4 Å². The minimum absolute atomic E-state index is 0.214. The molecule has 4 nitrogen and oxygen atoms in total. The SMILES string of the molecule is CCOC(=O)C(SC(=S)OCC)S(C)=O. The molecule has 0 fully saturated rings. The van der Waals surface area contributed by atoms with Gasteiger partial charge in [-0.2, -0.15) is 0 Å². The maximum atomic E-state index is 11.4. The van der Waals surface area contributed by atoms with Crippen LogP contribution in [0.3, 0.4) is 0 Å². The maximum absolute atomic E-state index is 11.4. The molecule has 0 aromatic heterocycles. The number of rotatable bonds is 5. The van der Waals surface area contributed by atoms with E-state index in [1.54, 1.807) is 13.8 Å². The topological polar surface area (TPSA) is 52.6 Å². The normalized spacial score (nSPS) is 14.1. The van der Waals surface area contributed by atoms with Crippen LogP contribution in [-0.2, 0) is 25.1 Å². The molecule has 2 unspecified atom stereocenters. The average molecular weight is 270 g/mol. The highest BCUT2D eigenvalue weighted by atomic mass is 32.2.